The molecule has 6 heteroatoms. The van der Waals surface area contributed by atoms with E-state index in [1.807, 2.05) is 12.1 Å². The van der Waals surface area contributed by atoms with Gasteiger partial charge in [-0.3, -0.25) is 14.5 Å². The molecule has 2 N–H and O–H groups in total. The summed E-state index contributed by atoms with van der Waals surface area (Å²) in [5, 5.41) is 5.80. The van der Waals surface area contributed by atoms with Crippen LogP contribution in [0.15, 0.2) is 24.3 Å². The van der Waals surface area contributed by atoms with Crippen LogP contribution in [0, 0.1) is 5.92 Å². The molecule has 0 unspecified atom stereocenters. The molecule has 0 aromatic heterocycles. The molecule has 1 aliphatic carbocycles. The van der Waals surface area contributed by atoms with Gasteiger partial charge < -0.3 is 15.4 Å². The highest BCUT2D eigenvalue weighted by Gasteiger charge is 2.15. The number of nitrogens with one attached hydrogen (secondary N) is 2. The smallest absolute Gasteiger partial charge is 0.238 e. The minimum atomic E-state index is -0.157. The van der Waals surface area contributed by atoms with Crippen molar-refractivity contribution in [2.75, 3.05) is 39.1 Å². The molecule has 1 saturated carbocycles. The lowest BCUT2D eigenvalue weighted by molar-refractivity contribution is -0.123. The first-order chi connectivity index (χ1) is 12.1. The van der Waals surface area contributed by atoms with E-state index < -0.39 is 0 Å². The maximum Gasteiger partial charge on any atom is 0.238 e. The molecule has 25 heavy (non-hydrogen) atoms. The number of likely N-dealkylation sites (N-methyl/N-ethyl adjacent to an activating group) is 1. The van der Waals surface area contributed by atoms with Crippen molar-refractivity contribution in [1.29, 1.82) is 0 Å². The molecule has 1 aromatic rings. The number of benzene rings is 1. The van der Waals surface area contributed by atoms with Crippen molar-refractivity contribution in [2.45, 2.75) is 32.1 Å². The summed E-state index contributed by atoms with van der Waals surface area (Å²) in [5.74, 6) is 1.12. The molecule has 0 atom stereocenters. The molecule has 0 bridgehead atoms. The van der Waals surface area contributed by atoms with Crippen LogP contribution < -0.4 is 15.4 Å². The van der Waals surface area contributed by atoms with Crippen LogP contribution in [0.5, 0.6) is 5.75 Å². The van der Waals surface area contributed by atoms with Crippen molar-refractivity contribution < 1.29 is 14.3 Å². The second-order valence-corrected chi connectivity index (χ2v) is 6.76. The predicted octanol–water partition coefficient (Wildman–Crippen LogP) is 2.26. The summed E-state index contributed by atoms with van der Waals surface area (Å²) in [4.78, 5) is 25.8. The number of hydrogen-bond donors (Lipinski definition) is 2. The normalized spacial score (nSPS) is 15.0. The van der Waals surface area contributed by atoms with Crippen molar-refractivity contribution in [3.8, 4) is 5.75 Å². The molecular weight excluding hydrogens is 318 g/mol. The Morgan fingerprint density at radius 2 is 1.88 bits per heavy atom. The summed E-state index contributed by atoms with van der Waals surface area (Å²) in [6, 6.07) is 7.20. The molecule has 0 heterocycles. The van der Waals surface area contributed by atoms with E-state index in [0.29, 0.717) is 17.4 Å². The summed E-state index contributed by atoms with van der Waals surface area (Å²) < 4.78 is 5.13. The van der Waals surface area contributed by atoms with Gasteiger partial charge in [-0.05, 0) is 37.9 Å². The lowest BCUT2D eigenvalue weighted by atomic mass is 9.89. The van der Waals surface area contributed by atoms with Crippen LogP contribution in [0.3, 0.4) is 0 Å². The highest BCUT2D eigenvalue weighted by atomic mass is 16.5. The van der Waals surface area contributed by atoms with Crippen LogP contribution >= 0.6 is 0 Å². The topological polar surface area (TPSA) is 70.7 Å². The number of methoxy groups -OCH3 is 1. The molecular formula is C19H29N3O3. The van der Waals surface area contributed by atoms with Gasteiger partial charge in [0.1, 0.15) is 5.75 Å². The number of amides is 2. The predicted molar refractivity (Wildman–Crippen MR) is 98.7 cm³/mol. The van der Waals surface area contributed by atoms with Crippen LogP contribution in [0.25, 0.3) is 0 Å². The van der Waals surface area contributed by atoms with Crippen LogP contribution in [0.4, 0.5) is 5.69 Å². The summed E-state index contributed by atoms with van der Waals surface area (Å²) in [5.41, 5.74) is 0.680. The maximum absolute atomic E-state index is 12.1. The van der Waals surface area contributed by atoms with E-state index in [2.05, 4.69) is 10.6 Å². The van der Waals surface area contributed by atoms with Gasteiger partial charge in [0, 0.05) is 18.3 Å². The first kappa shape index (κ1) is 19.2. The van der Waals surface area contributed by atoms with Crippen molar-refractivity contribution in [3.63, 3.8) is 0 Å². The quantitative estimate of drug-likeness (QED) is 0.757. The standard InChI is InChI=1S/C19H29N3O3/c1-22(13-18(23)20-12-15-7-4-3-5-8-15)14-19(24)21-16-9-6-10-17(11-16)25-2/h6,9-11,15H,3-5,7-8,12-14H2,1-2H3,(H,20,23)(H,21,24). The average Bonchev–Trinajstić information content (AvgIpc) is 2.60. The van der Waals surface area contributed by atoms with Gasteiger partial charge in [0.05, 0.1) is 20.2 Å². The number of hydrogen-bond acceptors (Lipinski definition) is 4. The second kappa shape index (κ2) is 10.0. The molecule has 138 valence electrons. The molecule has 2 amide bonds. The molecule has 1 aliphatic rings. The Hall–Kier alpha value is -2.08. The van der Waals surface area contributed by atoms with Crippen LogP contribution in [0.1, 0.15) is 32.1 Å². The molecule has 2 rings (SSSR count). The minimum absolute atomic E-state index is 0.0257. The lowest BCUT2D eigenvalue weighted by Gasteiger charge is -2.22. The maximum atomic E-state index is 12.1. The van der Waals surface area contributed by atoms with E-state index >= 15 is 0 Å². The Bertz CT molecular complexity index is 571. The van der Waals surface area contributed by atoms with Crippen molar-refractivity contribution in [3.05, 3.63) is 24.3 Å². The summed E-state index contributed by atoms with van der Waals surface area (Å²) in [6.45, 7) is 1.13. The van der Waals surface area contributed by atoms with Crippen molar-refractivity contribution in [1.82, 2.24) is 10.2 Å². The van der Waals surface area contributed by atoms with E-state index in [1.165, 1.54) is 32.1 Å². The minimum Gasteiger partial charge on any atom is -0.497 e. The van der Waals surface area contributed by atoms with E-state index in [4.69, 9.17) is 4.74 Å². The van der Waals surface area contributed by atoms with E-state index in [9.17, 15) is 9.59 Å². The second-order valence-electron chi connectivity index (χ2n) is 6.76. The molecule has 0 spiro atoms. The van der Waals surface area contributed by atoms with Gasteiger partial charge in [-0.25, -0.2) is 0 Å². The molecule has 0 saturated heterocycles. The van der Waals surface area contributed by atoms with Crippen molar-refractivity contribution >= 4 is 17.5 Å². The first-order valence-corrected chi connectivity index (χ1v) is 8.96. The van der Waals surface area contributed by atoms with E-state index in [0.717, 1.165) is 6.54 Å². The molecule has 6 nitrogen and oxygen atoms in total. The fraction of sp³-hybridized carbons (Fsp3) is 0.579. The van der Waals surface area contributed by atoms with E-state index in [-0.39, 0.29) is 24.9 Å². The third-order valence-electron chi connectivity index (χ3n) is 4.49. The largest absolute Gasteiger partial charge is 0.497 e. The van der Waals surface area contributed by atoms with E-state index in [1.54, 1.807) is 31.2 Å². The lowest BCUT2D eigenvalue weighted by Crippen LogP contribution is -2.40. The average molecular weight is 347 g/mol. The first-order valence-electron chi connectivity index (χ1n) is 8.96. The van der Waals surface area contributed by atoms with Gasteiger partial charge in [-0.15, -0.1) is 0 Å². The SMILES string of the molecule is COc1cccc(NC(=O)CN(C)CC(=O)NCC2CCCCC2)c1. The van der Waals surface area contributed by atoms with Crippen LogP contribution in [0.2, 0.25) is 0 Å². The number of ether oxygens (including phenoxy) is 1. The highest BCUT2D eigenvalue weighted by molar-refractivity contribution is 5.92. The Labute approximate surface area is 149 Å². The zero-order valence-corrected chi connectivity index (χ0v) is 15.2. The zero-order chi connectivity index (χ0) is 18.1. The van der Waals surface area contributed by atoms with Crippen LogP contribution in [-0.2, 0) is 9.59 Å². The van der Waals surface area contributed by atoms with Gasteiger partial charge in [0.2, 0.25) is 11.8 Å². The molecule has 0 radical (unpaired) electrons. The van der Waals surface area contributed by atoms with Crippen molar-refractivity contribution in [2.24, 2.45) is 5.92 Å². The van der Waals surface area contributed by atoms with Gasteiger partial charge in [0.15, 0.2) is 0 Å². The fourth-order valence-electron chi connectivity index (χ4n) is 3.15. The van der Waals surface area contributed by atoms with Gasteiger partial charge in [0.25, 0.3) is 0 Å². The molecule has 1 fully saturated rings. The summed E-state index contributed by atoms with van der Waals surface area (Å²) in [6.07, 6.45) is 6.27. The summed E-state index contributed by atoms with van der Waals surface area (Å²) >= 11 is 0. The Kier molecular flexibility index (Phi) is 7.73. The monoisotopic (exact) mass is 347 g/mol. The number of anilines is 1. The van der Waals surface area contributed by atoms with Gasteiger partial charge in [-0.2, -0.15) is 0 Å². The number of carbonyl (C=O) groups excluding carboxylic acids is 2. The third-order valence-corrected chi connectivity index (χ3v) is 4.49. The fourth-order valence-corrected chi connectivity index (χ4v) is 3.15. The Morgan fingerprint density at radius 1 is 1.16 bits per heavy atom. The number of nitrogens with zero attached hydrogens (tertiary/aromatic N) is 1. The summed E-state index contributed by atoms with van der Waals surface area (Å²) in [7, 11) is 3.35. The van der Waals surface area contributed by atoms with Crippen LogP contribution in [-0.4, -0.2) is 50.5 Å². The Balaban J connectivity index is 1.68. The molecule has 0 aliphatic heterocycles. The third kappa shape index (κ3) is 7.13. The van der Waals surface area contributed by atoms with Gasteiger partial charge in [-0.1, -0.05) is 25.3 Å². The highest BCUT2D eigenvalue weighted by Crippen LogP contribution is 2.22. The van der Waals surface area contributed by atoms with Gasteiger partial charge >= 0.3 is 0 Å². The zero-order valence-electron chi connectivity index (χ0n) is 15.2. The Morgan fingerprint density at radius 3 is 2.60 bits per heavy atom. The molecule has 1 aromatic carbocycles. The number of rotatable bonds is 8. The number of carbonyl (C=O) groups is 2.